The highest BCUT2D eigenvalue weighted by Gasteiger charge is 2.21. The maximum absolute atomic E-state index is 13.3. The zero-order chi connectivity index (χ0) is 12.4. The van der Waals surface area contributed by atoms with Crippen LogP contribution >= 0.6 is 15.9 Å². The number of rotatable bonds is 2. The molecule has 0 saturated carbocycles. The lowest BCUT2D eigenvalue weighted by molar-refractivity contribution is 0.0894. The van der Waals surface area contributed by atoms with Crippen molar-refractivity contribution in [1.29, 1.82) is 0 Å². The van der Waals surface area contributed by atoms with E-state index >= 15 is 0 Å². The van der Waals surface area contributed by atoms with Crippen LogP contribution in [0.15, 0.2) is 16.6 Å². The topological polar surface area (TPSA) is 38.5 Å². The number of hydrogen-bond acceptors (Lipinski definition) is 3. The Kier molecular flexibility index (Phi) is 3.89. The molecule has 94 valence electrons. The fraction of sp³-hybridized carbons (Fsp3) is 0.500. The standard InChI is InChI=1S/C12H16BrFN2O/c1-17-8-3-2-4-16(7-8)12-5-9(13)10(14)6-11(12)15/h5-6,8H,2-4,7,15H2,1H3. The number of nitrogens with zero attached hydrogens (tertiary/aromatic N) is 1. The molecule has 1 atom stereocenters. The minimum atomic E-state index is -0.327. The predicted molar refractivity (Wildman–Crippen MR) is 70.8 cm³/mol. The van der Waals surface area contributed by atoms with Crippen molar-refractivity contribution in [2.75, 3.05) is 30.8 Å². The molecule has 0 radical (unpaired) electrons. The zero-order valence-corrected chi connectivity index (χ0v) is 11.3. The second-order valence-electron chi connectivity index (χ2n) is 4.27. The summed E-state index contributed by atoms with van der Waals surface area (Å²) in [7, 11) is 1.72. The molecule has 0 spiro atoms. The number of halogens is 2. The molecule has 0 amide bonds. The van der Waals surface area contributed by atoms with Crippen molar-refractivity contribution in [2.24, 2.45) is 0 Å². The van der Waals surface area contributed by atoms with Gasteiger partial charge in [0.15, 0.2) is 0 Å². The highest BCUT2D eigenvalue weighted by Crippen LogP contribution is 2.31. The monoisotopic (exact) mass is 302 g/mol. The number of hydrogen-bond donors (Lipinski definition) is 1. The van der Waals surface area contributed by atoms with Gasteiger partial charge in [0.1, 0.15) is 5.82 Å². The van der Waals surface area contributed by atoms with Gasteiger partial charge >= 0.3 is 0 Å². The first-order chi connectivity index (χ1) is 8.11. The van der Waals surface area contributed by atoms with Gasteiger partial charge in [-0.1, -0.05) is 0 Å². The third-order valence-corrected chi connectivity index (χ3v) is 3.73. The first-order valence-corrected chi connectivity index (χ1v) is 6.43. The first-order valence-electron chi connectivity index (χ1n) is 5.64. The number of piperidine rings is 1. The van der Waals surface area contributed by atoms with Gasteiger partial charge < -0.3 is 15.4 Å². The molecule has 0 aliphatic carbocycles. The average Bonchev–Trinajstić information content (AvgIpc) is 2.34. The van der Waals surface area contributed by atoms with Gasteiger partial charge in [0, 0.05) is 26.3 Å². The smallest absolute Gasteiger partial charge is 0.139 e. The Morgan fingerprint density at radius 3 is 3.00 bits per heavy atom. The quantitative estimate of drug-likeness (QED) is 0.854. The number of methoxy groups -OCH3 is 1. The molecule has 1 heterocycles. The summed E-state index contributed by atoms with van der Waals surface area (Å²) in [4.78, 5) is 2.15. The molecule has 1 fully saturated rings. The summed E-state index contributed by atoms with van der Waals surface area (Å²) in [6, 6.07) is 3.10. The van der Waals surface area contributed by atoms with Crippen LogP contribution in [0, 0.1) is 5.82 Å². The van der Waals surface area contributed by atoms with Crippen molar-refractivity contribution in [3.63, 3.8) is 0 Å². The van der Waals surface area contributed by atoms with Crippen molar-refractivity contribution in [3.8, 4) is 0 Å². The van der Waals surface area contributed by atoms with Crippen LogP contribution in [0.2, 0.25) is 0 Å². The fourth-order valence-corrected chi connectivity index (χ4v) is 2.51. The lowest BCUT2D eigenvalue weighted by Gasteiger charge is -2.34. The van der Waals surface area contributed by atoms with Gasteiger partial charge in [-0.3, -0.25) is 0 Å². The minimum absolute atomic E-state index is 0.229. The highest BCUT2D eigenvalue weighted by atomic mass is 79.9. The summed E-state index contributed by atoms with van der Waals surface area (Å²) in [5.41, 5.74) is 7.21. The predicted octanol–water partition coefficient (Wildman–Crippen LogP) is 2.79. The largest absolute Gasteiger partial charge is 0.397 e. The van der Waals surface area contributed by atoms with Crippen LogP contribution in [-0.2, 0) is 4.74 Å². The van der Waals surface area contributed by atoms with E-state index in [-0.39, 0.29) is 11.9 Å². The second kappa shape index (κ2) is 5.23. The van der Waals surface area contributed by atoms with E-state index < -0.39 is 0 Å². The molecular formula is C12H16BrFN2O. The van der Waals surface area contributed by atoms with Crippen LogP contribution < -0.4 is 10.6 Å². The van der Waals surface area contributed by atoms with Crippen molar-refractivity contribution >= 4 is 27.3 Å². The van der Waals surface area contributed by atoms with E-state index in [0.717, 1.165) is 31.6 Å². The number of benzene rings is 1. The van der Waals surface area contributed by atoms with Crippen LogP contribution in [0.1, 0.15) is 12.8 Å². The summed E-state index contributed by atoms with van der Waals surface area (Å²) in [6.45, 7) is 1.74. The average molecular weight is 303 g/mol. The highest BCUT2D eigenvalue weighted by molar-refractivity contribution is 9.10. The molecule has 17 heavy (non-hydrogen) atoms. The van der Waals surface area contributed by atoms with Gasteiger partial charge in [-0.15, -0.1) is 0 Å². The fourth-order valence-electron chi connectivity index (χ4n) is 2.17. The molecule has 2 rings (SSSR count). The summed E-state index contributed by atoms with van der Waals surface area (Å²) in [6.07, 6.45) is 2.36. The Hall–Kier alpha value is -0.810. The number of nitrogen functional groups attached to an aromatic ring is 1. The van der Waals surface area contributed by atoms with E-state index in [2.05, 4.69) is 20.8 Å². The van der Waals surface area contributed by atoms with Crippen molar-refractivity contribution < 1.29 is 9.13 Å². The Morgan fingerprint density at radius 1 is 1.53 bits per heavy atom. The molecule has 0 aromatic heterocycles. The number of ether oxygens (including phenoxy) is 1. The van der Waals surface area contributed by atoms with Gasteiger partial charge in [0.2, 0.25) is 0 Å². The molecule has 5 heteroatoms. The molecule has 1 unspecified atom stereocenters. The maximum atomic E-state index is 13.3. The third kappa shape index (κ3) is 2.72. The first kappa shape index (κ1) is 12.6. The maximum Gasteiger partial charge on any atom is 0.139 e. The number of anilines is 2. The van der Waals surface area contributed by atoms with E-state index in [9.17, 15) is 4.39 Å². The molecular weight excluding hydrogens is 287 g/mol. The molecule has 2 N–H and O–H groups in total. The Labute approximate surface area is 109 Å². The van der Waals surface area contributed by atoms with Crippen LogP contribution in [0.25, 0.3) is 0 Å². The summed E-state index contributed by atoms with van der Waals surface area (Å²) in [5, 5.41) is 0. The SMILES string of the molecule is COC1CCCN(c2cc(Br)c(F)cc2N)C1. The third-order valence-electron chi connectivity index (χ3n) is 3.12. The molecule has 1 aliphatic heterocycles. The van der Waals surface area contributed by atoms with Crippen LogP contribution in [0.3, 0.4) is 0 Å². The Bertz CT molecular complexity index is 414. The van der Waals surface area contributed by atoms with Gasteiger partial charge in [-0.05, 0) is 34.8 Å². The summed E-state index contributed by atoms with van der Waals surface area (Å²) >= 11 is 3.19. The van der Waals surface area contributed by atoms with E-state index in [1.165, 1.54) is 6.07 Å². The van der Waals surface area contributed by atoms with Crippen LogP contribution in [0.5, 0.6) is 0 Å². The van der Waals surface area contributed by atoms with Crippen LogP contribution in [0.4, 0.5) is 15.8 Å². The van der Waals surface area contributed by atoms with Crippen molar-refractivity contribution in [3.05, 3.63) is 22.4 Å². The van der Waals surface area contributed by atoms with Crippen molar-refractivity contribution in [2.45, 2.75) is 18.9 Å². The summed E-state index contributed by atoms with van der Waals surface area (Å²) < 4.78 is 19.1. The molecule has 1 aromatic carbocycles. The molecule has 1 aromatic rings. The molecule has 1 saturated heterocycles. The number of nitrogens with two attached hydrogens (primary N) is 1. The van der Waals surface area contributed by atoms with E-state index in [4.69, 9.17) is 10.5 Å². The van der Waals surface area contributed by atoms with Gasteiger partial charge in [-0.25, -0.2) is 4.39 Å². The summed E-state index contributed by atoms with van der Waals surface area (Å²) in [5.74, 6) is -0.327. The molecule has 1 aliphatic rings. The Morgan fingerprint density at radius 2 is 2.29 bits per heavy atom. The van der Waals surface area contributed by atoms with E-state index in [1.54, 1.807) is 13.2 Å². The Balaban J connectivity index is 2.24. The molecule has 0 bridgehead atoms. The van der Waals surface area contributed by atoms with Crippen molar-refractivity contribution in [1.82, 2.24) is 0 Å². The van der Waals surface area contributed by atoms with Gasteiger partial charge in [0.05, 0.1) is 22.0 Å². The zero-order valence-electron chi connectivity index (χ0n) is 9.75. The van der Waals surface area contributed by atoms with Gasteiger partial charge in [0.25, 0.3) is 0 Å². The van der Waals surface area contributed by atoms with Crippen LogP contribution in [-0.4, -0.2) is 26.3 Å². The second-order valence-corrected chi connectivity index (χ2v) is 5.13. The lowest BCUT2D eigenvalue weighted by Crippen LogP contribution is -2.39. The molecule has 3 nitrogen and oxygen atoms in total. The minimum Gasteiger partial charge on any atom is -0.397 e. The lowest BCUT2D eigenvalue weighted by atomic mass is 10.1. The van der Waals surface area contributed by atoms with Gasteiger partial charge in [-0.2, -0.15) is 0 Å². The normalized spacial score (nSPS) is 20.6. The van der Waals surface area contributed by atoms with E-state index in [1.807, 2.05) is 0 Å². The van der Waals surface area contributed by atoms with E-state index in [0.29, 0.717) is 10.2 Å².